The Balaban J connectivity index is 1.93. The molecule has 9 heteroatoms. The van der Waals surface area contributed by atoms with Crippen molar-refractivity contribution in [3.05, 3.63) is 29.8 Å². The van der Waals surface area contributed by atoms with Crippen molar-refractivity contribution in [2.24, 2.45) is 0 Å². The van der Waals surface area contributed by atoms with E-state index in [0.29, 0.717) is 39.3 Å². The number of amides is 1. The second-order valence-electron chi connectivity index (χ2n) is 6.28. The number of carboxylic acid groups (broad SMARTS) is 1. The van der Waals surface area contributed by atoms with Crippen LogP contribution in [0.3, 0.4) is 0 Å². The molecule has 0 radical (unpaired) electrons. The molecule has 27 heavy (non-hydrogen) atoms. The number of aryl methyl sites for hydroxylation is 1. The summed E-state index contributed by atoms with van der Waals surface area (Å²) in [6.07, 6.45) is 0.650. The van der Waals surface area contributed by atoms with E-state index in [1.807, 2.05) is 6.92 Å². The SMILES string of the molecule is CCN(CCC(=O)O)C(=O)CCc1ccc(S(=O)(=O)N2CCOCC2)cc1. The van der Waals surface area contributed by atoms with Crippen LogP contribution in [0.5, 0.6) is 0 Å². The fourth-order valence-corrected chi connectivity index (χ4v) is 4.27. The minimum absolute atomic E-state index is 0.0757. The third-order valence-corrected chi connectivity index (χ3v) is 6.40. The molecular formula is C18H26N2O6S. The molecule has 1 heterocycles. The lowest BCUT2D eigenvalue weighted by Gasteiger charge is -2.26. The zero-order valence-electron chi connectivity index (χ0n) is 15.5. The number of rotatable bonds is 9. The van der Waals surface area contributed by atoms with Crippen molar-refractivity contribution < 1.29 is 27.9 Å². The predicted molar refractivity (Wildman–Crippen MR) is 98.8 cm³/mol. The van der Waals surface area contributed by atoms with Crippen molar-refractivity contribution in [2.75, 3.05) is 39.4 Å². The number of nitrogens with zero attached hydrogens (tertiary/aromatic N) is 2. The largest absolute Gasteiger partial charge is 0.481 e. The van der Waals surface area contributed by atoms with Gasteiger partial charge in [0.1, 0.15) is 0 Å². The molecule has 1 aromatic rings. The van der Waals surface area contributed by atoms with Gasteiger partial charge < -0.3 is 14.7 Å². The predicted octanol–water partition coefficient (Wildman–Crippen LogP) is 0.963. The summed E-state index contributed by atoms with van der Waals surface area (Å²) in [6.45, 7) is 3.96. The quantitative estimate of drug-likeness (QED) is 0.665. The van der Waals surface area contributed by atoms with Gasteiger partial charge in [-0.2, -0.15) is 4.31 Å². The topological polar surface area (TPSA) is 104 Å². The minimum atomic E-state index is -3.52. The molecule has 0 unspecified atom stereocenters. The van der Waals surface area contributed by atoms with Crippen LogP contribution in [0.2, 0.25) is 0 Å². The monoisotopic (exact) mass is 398 g/mol. The maximum absolute atomic E-state index is 12.6. The van der Waals surface area contributed by atoms with E-state index in [2.05, 4.69) is 0 Å². The summed E-state index contributed by atoms with van der Waals surface area (Å²) in [5, 5.41) is 8.74. The second-order valence-corrected chi connectivity index (χ2v) is 8.22. The molecular weight excluding hydrogens is 372 g/mol. The number of aliphatic carboxylic acids is 1. The molecule has 0 bridgehead atoms. The highest BCUT2D eigenvalue weighted by Crippen LogP contribution is 2.18. The van der Waals surface area contributed by atoms with E-state index in [1.165, 1.54) is 9.21 Å². The Morgan fingerprint density at radius 1 is 1.15 bits per heavy atom. The van der Waals surface area contributed by atoms with E-state index in [0.717, 1.165) is 5.56 Å². The summed E-state index contributed by atoms with van der Waals surface area (Å²) in [6, 6.07) is 6.56. The number of carboxylic acids is 1. The number of benzene rings is 1. The number of hydrogen-bond donors (Lipinski definition) is 1. The van der Waals surface area contributed by atoms with E-state index in [1.54, 1.807) is 24.3 Å². The first-order valence-electron chi connectivity index (χ1n) is 9.01. The van der Waals surface area contributed by atoms with E-state index in [4.69, 9.17) is 9.84 Å². The van der Waals surface area contributed by atoms with Gasteiger partial charge in [0, 0.05) is 32.6 Å². The third-order valence-electron chi connectivity index (χ3n) is 4.49. The normalized spacial score (nSPS) is 15.4. The molecule has 1 saturated heterocycles. The van der Waals surface area contributed by atoms with E-state index < -0.39 is 16.0 Å². The Morgan fingerprint density at radius 2 is 1.78 bits per heavy atom. The lowest BCUT2D eigenvalue weighted by atomic mass is 10.1. The summed E-state index contributed by atoms with van der Waals surface area (Å²) in [5.41, 5.74) is 0.860. The van der Waals surface area contributed by atoms with E-state index in [-0.39, 0.29) is 30.2 Å². The molecule has 0 atom stereocenters. The highest BCUT2D eigenvalue weighted by Gasteiger charge is 2.26. The smallest absolute Gasteiger partial charge is 0.305 e. The molecule has 8 nitrogen and oxygen atoms in total. The highest BCUT2D eigenvalue weighted by atomic mass is 32.2. The number of hydrogen-bond acceptors (Lipinski definition) is 5. The van der Waals surface area contributed by atoms with E-state index >= 15 is 0 Å². The standard InChI is InChI=1S/C18H26N2O6S/c1-2-19(10-9-18(22)23)17(21)8-5-15-3-6-16(7-4-15)27(24,25)20-11-13-26-14-12-20/h3-4,6-7H,2,5,8-14H2,1H3,(H,22,23). The molecule has 1 fully saturated rings. The molecule has 1 amide bonds. The van der Waals surface area contributed by atoms with Gasteiger partial charge in [-0.3, -0.25) is 9.59 Å². The van der Waals surface area contributed by atoms with Crippen molar-refractivity contribution in [3.8, 4) is 0 Å². The van der Waals surface area contributed by atoms with Crippen molar-refractivity contribution in [1.82, 2.24) is 9.21 Å². The molecule has 1 N–H and O–H groups in total. The maximum atomic E-state index is 12.6. The molecule has 2 rings (SSSR count). The average molecular weight is 398 g/mol. The summed E-state index contributed by atoms with van der Waals surface area (Å²) in [7, 11) is -3.52. The van der Waals surface area contributed by atoms with Crippen molar-refractivity contribution in [2.45, 2.75) is 31.1 Å². The molecule has 150 valence electrons. The summed E-state index contributed by atoms with van der Waals surface area (Å²) >= 11 is 0. The fraction of sp³-hybridized carbons (Fsp3) is 0.556. The van der Waals surface area contributed by atoms with Crippen LogP contribution in [0.15, 0.2) is 29.2 Å². The Labute approximate surface area is 159 Å². The number of morpholine rings is 1. The zero-order chi connectivity index (χ0) is 19.9. The van der Waals surface area contributed by atoms with Gasteiger partial charge in [-0.05, 0) is 31.0 Å². The summed E-state index contributed by atoms with van der Waals surface area (Å²) in [4.78, 5) is 24.6. The van der Waals surface area contributed by atoms with Crippen molar-refractivity contribution in [1.29, 1.82) is 0 Å². The molecule has 1 aliphatic rings. The number of sulfonamides is 1. The average Bonchev–Trinajstić information content (AvgIpc) is 2.67. The van der Waals surface area contributed by atoms with Gasteiger partial charge in [-0.1, -0.05) is 12.1 Å². The van der Waals surface area contributed by atoms with Gasteiger partial charge in [-0.15, -0.1) is 0 Å². The van der Waals surface area contributed by atoms with Gasteiger partial charge in [0.05, 0.1) is 24.5 Å². The van der Waals surface area contributed by atoms with Crippen LogP contribution in [-0.2, 0) is 30.8 Å². The molecule has 1 aliphatic heterocycles. The number of carbonyl (C=O) groups excluding carboxylic acids is 1. The molecule has 0 saturated carbocycles. The Kier molecular flexibility index (Phi) is 7.76. The van der Waals surface area contributed by atoms with E-state index in [9.17, 15) is 18.0 Å². The van der Waals surface area contributed by atoms with Crippen molar-refractivity contribution >= 4 is 21.9 Å². The van der Waals surface area contributed by atoms with Crippen LogP contribution >= 0.6 is 0 Å². The van der Waals surface area contributed by atoms with Crippen LogP contribution in [0.25, 0.3) is 0 Å². The first-order valence-corrected chi connectivity index (χ1v) is 10.4. The van der Waals surface area contributed by atoms with Crippen LogP contribution in [0.1, 0.15) is 25.3 Å². The van der Waals surface area contributed by atoms with Gasteiger partial charge in [0.15, 0.2) is 0 Å². The van der Waals surface area contributed by atoms with Gasteiger partial charge >= 0.3 is 5.97 Å². The van der Waals surface area contributed by atoms with Gasteiger partial charge in [-0.25, -0.2) is 8.42 Å². The zero-order valence-corrected chi connectivity index (χ0v) is 16.3. The Hall–Kier alpha value is -1.97. The highest BCUT2D eigenvalue weighted by molar-refractivity contribution is 7.89. The van der Waals surface area contributed by atoms with Crippen LogP contribution in [0.4, 0.5) is 0 Å². The fourth-order valence-electron chi connectivity index (χ4n) is 2.86. The second kappa shape index (κ2) is 9.82. The van der Waals surface area contributed by atoms with Crippen molar-refractivity contribution in [3.63, 3.8) is 0 Å². The Bertz CT molecular complexity index is 742. The molecule has 0 aliphatic carbocycles. The lowest BCUT2D eigenvalue weighted by molar-refractivity contribution is -0.138. The maximum Gasteiger partial charge on any atom is 0.305 e. The van der Waals surface area contributed by atoms with Gasteiger partial charge in [0.25, 0.3) is 0 Å². The number of carbonyl (C=O) groups is 2. The Morgan fingerprint density at radius 3 is 2.33 bits per heavy atom. The first kappa shape index (κ1) is 21.3. The lowest BCUT2D eigenvalue weighted by Crippen LogP contribution is -2.40. The van der Waals surface area contributed by atoms with Gasteiger partial charge in [0.2, 0.25) is 15.9 Å². The molecule has 1 aromatic carbocycles. The minimum Gasteiger partial charge on any atom is -0.481 e. The summed E-state index contributed by atoms with van der Waals surface area (Å²) < 4.78 is 31.8. The summed E-state index contributed by atoms with van der Waals surface area (Å²) in [5.74, 6) is -1.04. The third kappa shape index (κ3) is 6.02. The number of ether oxygens (including phenoxy) is 1. The van der Waals surface area contributed by atoms with Crippen LogP contribution in [0, 0.1) is 0 Å². The first-order chi connectivity index (χ1) is 12.8. The molecule has 0 spiro atoms. The van der Waals surface area contributed by atoms with Crippen LogP contribution in [-0.4, -0.2) is 74.0 Å². The van der Waals surface area contributed by atoms with Crippen LogP contribution < -0.4 is 0 Å². The molecule has 0 aromatic heterocycles.